The molecule has 1 aliphatic heterocycles. The van der Waals surface area contributed by atoms with Gasteiger partial charge in [0.15, 0.2) is 0 Å². The van der Waals surface area contributed by atoms with Crippen molar-refractivity contribution in [3.05, 3.63) is 30.0 Å². The molecule has 1 aromatic carbocycles. The molecule has 1 aromatic heterocycles. The second kappa shape index (κ2) is 6.70. The second-order valence-electron chi connectivity index (χ2n) is 6.90. The molecule has 4 atom stereocenters. The van der Waals surface area contributed by atoms with Crippen molar-refractivity contribution < 1.29 is 23.8 Å². The number of nitrogens with zero attached hydrogens (tertiary/aromatic N) is 1. The predicted molar refractivity (Wildman–Crippen MR) is 96.6 cm³/mol. The maximum Gasteiger partial charge on any atom is 0.252 e. The highest BCUT2D eigenvalue weighted by Crippen LogP contribution is 2.52. The van der Waals surface area contributed by atoms with E-state index in [2.05, 4.69) is 10.3 Å². The Labute approximate surface area is 156 Å². The smallest absolute Gasteiger partial charge is 0.252 e. The Bertz CT molecular complexity index is 916. The standard InChI is InChI=1S/C19H21N3O5/c1-25-7-12-15-13(22-18(24)16(12)15)8-27-19-10-6-14(26-2)11(17(20)23)5-9(10)3-4-21-19/h3-6,12-13,15-16H,7-8H2,1-2H3,(H2,20,23)(H,22,24)/t12?,13-,15-,16-/m1/s1. The number of ether oxygens (including phenoxy) is 3. The van der Waals surface area contributed by atoms with Gasteiger partial charge in [-0.3, -0.25) is 9.59 Å². The molecule has 0 spiro atoms. The molecule has 1 unspecified atom stereocenters. The number of benzene rings is 1. The van der Waals surface area contributed by atoms with Crippen LogP contribution in [0.1, 0.15) is 10.4 Å². The van der Waals surface area contributed by atoms with Gasteiger partial charge in [-0.15, -0.1) is 0 Å². The van der Waals surface area contributed by atoms with Gasteiger partial charge in [-0.05, 0) is 29.5 Å². The number of amides is 2. The van der Waals surface area contributed by atoms with Crippen molar-refractivity contribution in [2.45, 2.75) is 6.04 Å². The summed E-state index contributed by atoms with van der Waals surface area (Å²) < 4.78 is 16.4. The van der Waals surface area contributed by atoms with Crippen molar-refractivity contribution >= 4 is 22.6 Å². The van der Waals surface area contributed by atoms with Crippen molar-refractivity contribution in [3.8, 4) is 11.6 Å². The summed E-state index contributed by atoms with van der Waals surface area (Å²) in [5.74, 6) is 0.810. The molecule has 4 rings (SSSR count). The molecule has 1 saturated carbocycles. The lowest BCUT2D eigenvalue weighted by atomic mass is 10.1. The number of methoxy groups -OCH3 is 2. The van der Waals surface area contributed by atoms with Crippen LogP contribution in [0.25, 0.3) is 10.8 Å². The first-order chi connectivity index (χ1) is 13.0. The molecule has 3 N–H and O–H groups in total. The molecular formula is C19H21N3O5. The third kappa shape index (κ3) is 2.95. The lowest BCUT2D eigenvalue weighted by Crippen LogP contribution is -2.37. The van der Waals surface area contributed by atoms with Gasteiger partial charge >= 0.3 is 0 Å². The summed E-state index contributed by atoms with van der Waals surface area (Å²) in [7, 11) is 3.12. The van der Waals surface area contributed by atoms with E-state index in [1.165, 1.54) is 7.11 Å². The molecule has 2 heterocycles. The number of carbonyl (C=O) groups is 2. The fourth-order valence-electron chi connectivity index (χ4n) is 4.07. The van der Waals surface area contributed by atoms with E-state index in [4.69, 9.17) is 19.9 Å². The molecule has 0 bridgehead atoms. The minimum atomic E-state index is -0.564. The zero-order valence-corrected chi connectivity index (χ0v) is 15.1. The van der Waals surface area contributed by atoms with E-state index in [9.17, 15) is 9.59 Å². The molecule has 27 heavy (non-hydrogen) atoms. The lowest BCUT2D eigenvalue weighted by molar-refractivity contribution is -0.122. The summed E-state index contributed by atoms with van der Waals surface area (Å²) in [5, 5.41) is 4.46. The topological polar surface area (TPSA) is 113 Å². The van der Waals surface area contributed by atoms with Crippen LogP contribution >= 0.6 is 0 Å². The van der Waals surface area contributed by atoms with Gasteiger partial charge in [-0.25, -0.2) is 4.98 Å². The van der Waals surface area contributed by atoms with E-state index < -0.39 is 5.91 Å². The Morgan fingerprint density at radius 2 is 2.11 bits per heavy atom. The molecule has 2 amide bonds. The Kier molecular flexibility index (Phi) is 4.35. The maximum absolute atomic E-state index is 12.0. The highest BCUT2D eigenvalue weighted by atomic mass is 16.5. The van der Waals surface area contributed by atoms with Crippen molar-refractivity contribution in [2.75, 3.05) is 27.4 Å². The minimum Gasteiger partial charge on any atom is -0.496 e. The first kappa shape index (κ1) is 17.5. The van der Waals surface area contributed by atoms with E-state index in [-0.39, 0.29) is 29.7 Å². The molecule has 8 heteroatoms. The van der Waals surface area contributed by atoms with Crippen molar-refractivity contribution in [2.24, 2.45) is 23.5 Å². The summed E-state index contributed by atoms with van der Waals surface area (Å²) in [6, 6.07) is 5.07. The third-order valence-electron chi connectivity index (χ3n) is 5.40. The number of fused-ring (bicyclic) bond motifs is 2. The van der Waals surface area contributed by atoms with Gasteiger partial charge in [-0.1, -0.05) is 0 Å². The average molecular weight is 371 g/mol. The quantitative estimate of drug-likeness (QED) is 0.742. The second-order valence-corrected chi connectivity index (χ2v) is 6.90. The third-order valence-corrected chi connectivity index (χ3v) is 5.40. The summed E-state index contributed by atoms with van der Waals surface area (Å²) in [4.78, 5) is 27.9. The van der Waals surface area contributed by atoms with Crippen molar-refractivity contribution in [1.29, 1.82) is 0 Å². The molecule has 2 aromatic rings. The van der Waals surface area contributed by atoms with E-state index in [0.717, 1.165) is 5.39 Å². The zero-order chi connectivity index (χ0) is 19.1. The first-order valence-electron chi connectivity index (χ1n) is 8.73. The van der Waals surface area contributed by atoms with Crippen LogP contribution in [-0.2, 0) is 9.53 Å². The first-order valence-corrected chi connectivity index (χ1v) is 8.73. The highest BCUT2D eigenvalue weighted by Gasteiger charge is 2.63. The van der Waals surface area contributed by atoms with Crippen LogP contribution in [0.5, 0.6) is 11.6 Å². The molecule has 1 aliphatic carbocycles. The number of piperidine rings is 1. The molecular weight excluding hydrogens is 350 g/mol. The van der Waals surface area contributed by atoms with Gasteiger partial charge in [0.2, 0.25) is 11.8 Å². The molecule has 2 fully saturated rings. The van der Waals surface area contributed by atoms with E-state index in [1.54, 1.807) is 31.5 Å². The number of rotatable bonds is 7. The van der Waals surface area contributed by atoms with Crippen LogP contribution in [-0.4, -0.2) is 50.3 Å². The Morgan fingerprint density at radius 1 is 1.30 bits per heavy atom. The minimum absolute atomic E-state index is 0.0252. The van der Waals surface area contributed by atoms with Gasteiger partial charge in [0.1, 0.15) is 12.4 Å². The van der Waals surface area contributed by atoms with Gasteiger partial charge in [0, 0.05) is 30.5 Å². The maximum atomic E-state index is 12.0. The number of nitrogens with two attached hydrogens (primary N) is 1. The SMILES string of the molecule is COCC1[C@H]2[C@@H]1C(=O)N[C@@H]2COc1nccc2cc(C(N)=O)c(OC)cc12. The van der Waals surface area contributed by atoms with Crippen LogP contribution in [0.4, 0.5) is 0 Å². The molecule has 2 aliphatic rings. The normalized spacial score (nSPS) is 25.8. The van der Waals surface area contributed by atoms with E-state index in [0.29, 0.717) is 35.8 Å². The van der Waals surface area contributed by atoms with E-state index >= 15 is 0 Å². The number of nitrogens with one attached hydrogen (secondary N) is 1. The Hall–Kier alpha value is -2.87. The number of primary amides is 1. The van der Waals surface area contributed by atoms with Gasteiger partial charge in [0.25, 0.3) is 5.91 Å². The number of pyridine rings is 1. The average Bonchev–Trinajstić information content (AvgIpc) is 3.27. The van der Waals surface area contributed by atoms with Crippen LogP contribution < -0.4 is 20.5 Å². The zero-order valence-electron chi connectivity index (χ0n) is 15.1. The molecule has 0 radical (unpaired) electrons. The number of hydrogen-bond acceptors (Lipinski definition) is 6. The van der Waals surface area contributed by atoms with Crippen LogP contribution in [0, 0.1) is 17.8 Å². The number of carbonyl (C=O) groups excluding carboxylic acids is 2. The Morgan fingerprint density at radius 3 is 2.81 bits per heavy atom. The monoisotopic (exact) mass is 371 g/mol. The van der Waals surface area contributed by atoms with Gasteiger partial charge in [-0.2, -0.15) is 0 Å². The molecule has 142 valence electrons. The highest BCUT2D eigenvalue weighted by molar-refractivity contribution is 6.01. The van der Waals surface area contributed by atoms with Crippen LogP contribution in [0.3, 0.4) is 0 Å². The van der Waals surface area contributed by atoms with Crippen molar-refractivity contribution in [1.82, 2.24) is 10.3 Å². The fraction of sp³-hybridized carbons (Fsp3) is 0.421. The molecule has 8 nitrogen and oxygen atoms in total. The fourth-order valence-corrected chi connectivity index (χ4v) is 4.07. The summed E-state index contributed by atoms with van der Waals surface area (Å²) in [6.45, 7) is 0.901. The van der Waals surface area contributed by atoms with Gasteiger partial charge in [0.05, 0.1) is 25.3 Å². The predicted octanol–water partition coefficient (Wildman–Crippen LogP) is 0.728. The Balaban J connectivity index is 1.56. The summed E-state index contributed by atoms with van der Waals surface area (Å²) >= 11 is 0. The lowest BCUT2D eigenvalue weighted by Gasteiger charge is -2.17. The number of hydrogen-bond donors (Lipinski definition) is 2. The van der Waals surface area contributed by atoms with E-state index in [1.807, 2.05) is 0 Å². The van der Waals surface area contributed by atoms with Gasteiger partial charge < -0.3 is 25.3 Å². The summed E-state index contributed by atoms with van der Waals surface area (Å²) in [5.41, 5.74) is 5.71. The van der Waals surface area contributed by atoms with Crippen LogP contribution in [0.15, 0.2) is 24.4 Å². The number of aromatic nitrogens is 1. The molecule has 1 saturated heterocycles. The van der Waals surface area contributed by atoms with Crippen molar-refractivity contribution in [3.63, 3.8) is 0 Å². The van der Waals surface area contributed by atoms with Crippen LogP contribution in [0.2, 0.25) is 0 Å². The largest absolute Gasteiger partial charge is 0.496 e. The summed E-state index contributed by atoms with van der Waals surface area (Å²) in [6.07, 6.45) is 1.61.